The number of esters is 3. The van der Waals surface area contributed by atoms with Crippen LogP contribution in [0.5, 0.6) is 0 Å². The fraction of sp³-hybridized carbons (Fsp3) is 0.845. The summed E-state index contributed by atoms with van der Waals surface area (Å²) in [6.45, 7) is 6.59. The Morgan fingerprint density at radius 3 is 0.792 bits per heavy atom. The van der Waals surface area contributed by atoms with Gasteiger partial charge in [-0.15, -0.1) is 0 Å². The molecule has 0 aromatic carbocycles. The van der Waals surface area contributed by atoms with Crippen molar-refractivity contribution >= 4 is 17.9 Å². The lowest BCUT2D eigenvalue weighted by Crippen LogP contribution is -2.30. The predicted molar refractivity (Wildman–Crippen MR) is 335 cm³/mol. The Kier molecular flexibility index (Phi) is 63.6. The molecule has 0 saturated heterocycles. The van der Waals surface area contributed by atoms with Crippen LogP contribution in [-0.2, 0) is 28.6 Å². The Bertz CT molecular complexity index is 1330. The Balaban J connectivity index is 4.20. The highest BCUT2D eigenvalue weighted by atomic mass is 16.6. The molecular weight excluding hydrogens is 949 g/mol. The molecule has 0 amide bonds. The second-order valence-corrected chi connectivity index (χ2v) is 23.1. The maximum absolute atomic E-state index is 12.9. The van der Waals surface area contributed by atoms with Crippen LogP contribution in [0.2, 0.25) is 0 Å². The van der Waals surface area contributed by atoms with Gasteiger partial charge < -0.3 is 14.2 Å². The second kappa shape index (κ2) is 65.9. The van der Waals surface area contributed by atoms with E-state index in [1.165, 1.54) is 244 Å². The van der Waals surface area contributed by atoms with Crippen LogP contribution in [0.1, 0.15) is 367 Å². The first-order chi connectivity index (χ1) is 38.0. The second-order valence-electron chi connectivity index (χ2n) is 23.1. The summed E-state index contributed by atoms with van der Waals surface area (Å²) in [5.41, 5.74) is 0. The third-order valence-electron chi connectivity index (χ3n) is 15.3. The van der Waals surface area contributed by atoms with E-state index < -0.39 is 6.10 Å². The van der Waals surface area contributed by atoms with Crippen LogP contribution >= 0.6 is 0 Å². The molecule has 0 aliphatic heterocycles. The van der Waals surface area contributed by atoms with E-state index in [9.17, 15) is 14.4 Å². The van der Waals surface area contributed by atoms with Crippen molar-refractivity contribution in [1.29, 1.82) is 0 Å². The maximum Gasteiger partial charge on any atom is 0.306 e. The highest BCUT2D eigenvalue weighted by Gasteiger charge is 2.19. The molecule has 6 heteroatoms. The summed E-state index contributed by atoms with van der Waals surface area (Å²) in [5, 5.41) is 0. The molecule has 0 bridgehead atoms. The van der Waals surface area contributed by atoms with Crippen LogP contribution in [0, 0.1) is 0 Å². The van der Waals surface area contributed by atoms with Crippen LogP contribution in [0.3, 0.4) is 0 Å². The van der Waals surface area contributed by atoms with Crippen molar-refractivity contribution in [1.82, 2.24) is 0 Å². The minimum absolute atomic E-state index is 0.0675. The molecular formula is C71H130O6. The molecule has 77 heavy (non-hydrogen) atoms. The smallest absolute Gasteiger partial charge is 0.306 e. The van der Waals surface area contributed by atoms with Crippen molar-refractivity contribution in [2.45, 2.75) is 374 Å². The molecule has 0 aliphatic carbocycles. The van der Waals surface area contributed by atoms with Crippen molar-refractivity contribution in [3.8, 4) is 0 Å². The van der Waals surface area contributed by atoms with Gasteiger partial charge in [0.15, 0.2) is 6.10 Å². The van der Waals surface area contributed by atoms with Gasteiger partial charge in [0.25, 0.3) is 0 Å². The third kappa shape index (κ3) is 64.1. The zero-order chi connectivity index (χ0) is 55.7. The number of unbranched alkanes of at least 4 members (excludes halogenated alkanes) is 44. The van der Waals surface area contributed by atoms with E-state index in [-0.39, 0.29) is 31.1 Å². The molecule has 0 radical (unpaired) electrons. The van der Waals surface area contributed by atoms with Gasteiger partial charge >= 0.3 is 17.9 Å². The summed E-state index contributed by atoms with van der Waals surface area (Å²) < 4.78 is 17.0. The fourth-order valence-electron chi connectivity index (χ4n) is 10.3. The SMILES string of the molecule is CC/C=C\C/C=C\C/C=C\C/C=C\CCCCCCCCCCCCCCC(=O)OCC(COC(=O)CCCCCCCCCCCCC)OC(=O)CCCCCCCCCCCCCCCCCCCCCCCCC. The zero-order valence-electron chi connectivity index (χ0n) is 51.7. The van der Waals surface area contributed by atoms with E-state index in [2.05, 4.69) is 69.4 Å². The number of ether oxygens (including phenoxy) is 3. The highest BCUT2D eigenvalue weighted by molar-refractivity contribution is 5.71. The monoisotopic (exact) mass is 1080 g/mol. The standard InChI is InChI=1S/C71H130O6/c1-4-7-10-13-16-19-22-24-26-28-30-32-34-35-37-38-40-42-44-46-49-52-55-58-61-64-70(73)76-67-68(66-75-69(72)63-60-57-54-51-48-21-18-15-12-9-6-3)77-71(74)65-62-59-56-53-50-47-45-43-41-39-36-33-31-29-27-25-23-20-17-14-11-8-5-2/h7,10,16,19,24,26,30,32,68H,4-6,8-9,11-15,17-18,20-23,25,27-29,31,33-67H2,1-3H3/b10-7-,19-16-,26-24-,32-30-. The largest absolute Gasteiger partial charge is 0.462 e. The molecule has 0 aromatic rings. The van der Waals surface area contributed by atoms with E-state index in [1.807, 2.05) is 0 Å². The van der Waals surface area contributed by atoms with E-state index >= 15 is 0 Å². The summed E-state index contributed by atoms with van der Waals surface area (Å²) in [4.78, 5) is 38.3. The average Bonchev–Trinajstić information content (AvgIpc) is 3.43. The van der Waals surface area contributed by atoms with Gasteiger partial charge in [-0.2, -0.15) is 0 Å². The first-order valence-electron chi connectivity index (χ1n) is 34.1. The molecule has 0 N–H and O–H groups in total. The molecule has 0 heterocycles. The molecule has 0 saturated carbocycles. The van der Waals surface area contributed by atoms with Gasteiger partial charge in [-0.3, -0.25) is 14.4 Å². The quantitative estimate of drug-likeness (QED) is 0.0261. The average molecular weight is 1080 g/mol. The van der Waals surface area contributed by atoms with Crippen molar-refractivity contribution in [2.75, 3.05) is 13.2 Å². The Morgan fingerprint density at radius 2 is 0.506 bits per heavy atom. The first kappa shape index (κ1) is 74.4. The van der Waals surface area contributed by atoms with E-state index in [0.29, 0.717) is 19.3 Å². The Morgan fingerprint density at radius 1 is 0.273 bits per heavy atom. The van der Waals surface area contributed by atoms with Gasteiger partial charge in [0.2, 0.25) is 0 Å². The number of allylic oxidation sites excluding steroid dienone is 8. The van der Waals surface area contributed by atoms with E-state index in [4.69, 9.17) is 14.2 Å². The van der Waals surface area contributed by atoms with Crippen molar-refractivity contribution < 1.29 is 28.6 Å². The Hall–Kier alpha value is -2.63. The molecule has 0 spiro atoms. The van der Waals surface area contributed by atoms with Crippen LogP contribution in [0.4, 0.5) is 0 Å². The lowest BCUT2D eigenvalue weighted by Gasteiger charge is -2.18. The van der Waals surface area contributed by atoms with Crippen molar-refractivity contribution in [3.05, 3.63) is 48.6 Å². The summed E-state index contributed by atoms with van der Waals surface area (Å²) in [7, 11) is 0. The predicted octanol–water partition coefficient (Wildman–Crippen LogP) is 23.3. The number of carbonyl (C=O) groups excluding carboxylic acids is 3. The summed E-state index contributed by atoms with van der Waals surface area (Å²) in [6.07, 6.45) is 82.8. The summed E-state index contributed by atoms with van der Waals surface area (Å²) >= 11 is 0. The molecule has 1 atom stereocenters. The molecule has 0 aliphatic rings. The van der Waals surface area contributed by atoms with Crippen LogP contribution < -0.4 is 0 Å². The summed E-state index contributed by atoms with van der Waals surface area (Å²) in [6, 6.07) is 0. The first-order valence-corrected chi connectivity index (χ1v) is 34.1. The van der Waals surface area contributed by atoms with Gasteiger partial charge in [0, 0.05) is 19.3 Å². The fourth-order valence-corrected chi connectivity index (χ4v) is 10.3. The minimum atomic E-state index is -0.770. The van der Waals surface area contributed by atoms with Gasteiger partial charge in [-0.05, 0) is 57.8 Å². The highest BCUT2D eigenvalue weighted by Crippen LogP contribution is 2.18. The number of hydrogen-bond donors (Lipinski definition) is 0. The Labute approximate surface area is 479 Å². The topological polar surface area (TPSA) is 78.9 Å². The van der Waals surface area contributed by atoms with Crippen molar-refractivity contribution in [2.24, 2.45) is 0 Å². The lowest BCUT2D eigenvalue weighted by molar-refractivity contribution is -0.167. The maximum atomic E-state index is 12.9. The van der Waals surface area contributed by atoms with Gasteiger partial charge in [0.05, 0.1) is 0 Å². The van der Waals surface area contributed by atoms with Gasteiger partial charge in [-0.25, -0.2) is 0 Å². The van der Waals surface area contributed by atoms with Crippen LogP contribution in [-0.4, -0.2) is 37.2 Å². The summed E-state index contributed by atoms with van der Waals surface area (Å²) in [5.74, 6) is -0.844. The number of rotatable bonds is 63. The lowest BCUT2D eigenvalue weighted by atomic mass is 10.0. The number of carbonyl (C=O) groups is 3. The van der Waals surface area contributed by atoms with Gasteiger partial charge in [0.1, 0.15) is 13.2 Å². The van der Waals surface area contributed by atoms with Crippen LogP contribution in [0.25, 0.3) is 0 Å². The van der Waals surface area contributed by atoms with Crippen molar-refractivity contribution in [3.63, 3.8) is 0 Å². The molecule has 450 valence electrons. The van der Waals surface area contributed by atoms with E-state index in [1.54, 1.807) is 0 Å². The van der Waals surface area contributed by atoms with E-state index in [0.717, 1.165) is 83.5 Å². The third-order valence-corrected chi connectivity index (χ3v) is 15.3. The molecule has 0 aromatic heterocycles. The zero-order valence-corrected chi connectivity index (χ0v) is 51.7. The van der Waals surface area contributed by atoms with Crippen LogP contribution in [0.15, 0.2) is 48.6 Å². The molecule has 6 nitrogen and oxygen atoms in total. The molecule has 0 fully saturated rings. The minimum Gasteiger partial charge on any atom is -0.462 e. The molecule has 1 unspecified atom stereocenters. The normalized spacial score (nSPS) is 12.3. The van der Waals surface area contributed by atoms with Gasteiger partial charge in [-0.1, -0.05) is 339 Å². The number of hydrogen-bond acceptors (Lipinski definition) is 6. The molecule has 0 rings (SSSR count).